The van der Waals surface area contributed by atoms with Crippen molar-refractivity contribution >= 4 is 17.7 Å². The molecule has 1 heterocycles. The standard InChI is InChI=1S/C19H21N3O2S/c1-24-17-5-7-18(8-6-17)25-13-9-19(23)22(12-3-10-20)15-16-4-2-11-21-14-16/h2,4-8,11,14H,3,9,12-13,15H2,1H3. The summed E-state index contributed by atoms with van der Waals surface area (Å²) in [6, 6.07) is 13.7. The number of rotatable bonds is 9. The molecule has 0 aliphatic rings. The molecule has 1 amide bonds. The number of methoxy groups -OCH3 is 1. The molecule has 0 fully saturated rings. The maximum atomic E-state index is 12.5. The second kappa shape index (κ2) is 10.4. The Hall–Kier alpha value is -2.52. The van der Waals surface area contributed by atoms with Gasteiger partial charge in [-0.05, 0) is 35.9 Å². The fourth-order valence-electron chi connectivity index (χ4n) is 2.28. The molecular weight excluding hydrogens is 334 g/mol. The third-order valence-electron chi connectivity index (χ3n) is 3.59. The van der Waals surface area contributed by atoms with E-state index in [2.05, 4.69) is 11.1 Å². The third-order valence-corrected chi connectivity index (χ3v) is 4.60. The van der Waals surface area contributed by atoms with Gasteiger partial charge >= 0.3 is 0 Å². The maximum absolute atomic E-state index is 12.5. The van der Waals surface area contributed by atoms with Crippen LogP contribution < -0.4 is 4.74 Å². The molecule has 1 aromatic heterocycles. The van der Waals surface area contributed by atoms with Crippen LogP contribution in [0.5, 0.6) is 5.75 Å². The van der Waals surface area contributed by atoms with E-state index in [9.17, 15) is 4.79 Å². The fourth-order valence-corrected chi connectivity index (χ4v) is 3.12. The Bertz CT molecular complexity index is 699. The number of pyridine rings is 1. The number of nitriles is 1. The van der Waals surface area contributed by atoms with E-state index in [1.807, 2.05) is 36.4 Å². The van der Waals surface area contributed by atoms with Crippen molar-refractivity contribution in [3.05, 3.63) is 54.4 Å². The van der Waals surface area contributed by atoms with Gasteiger partial charge in [0.2, 0.25) is 5.91 Å². The normalized spacial score (nSPS) is 10.1. The summed E-state index contributed by atoms with van der Waals surface area (Å²) in [7, 11) is 1.64. The zero-order valence-corrected chi connectivity index (χ0v) is 15.0. The molecule has 0 saturated heterocycles. The highest BCUT2D eigenvalue weighted by molar-refractivity contribution is 7.99. The number of carbonyl (C=O) groups is 1. The number of hydrogen-bond acceptors (Lipinski definition) is 5. The lowest BCUT2D eigenvalue weighted by molar-refractivity contribution is -0.131. The molecule has 6 heteroatoms. The van der Waals surface area contributed by atoms with Crippen LogP contribution in [-0.2, 0) is 11.3 Å². The molecule has 130 valence electrons. The van der Waals surface area contributed by atoms with Crippen molar-refractivity contribution < 1.29 is 9.53 Å². The molecule has 25 heavy (non-hydrogen) atoms. The summed E-state index contributed by atoms with van der Waals surface area (Å²) in [5.41, 5.74) is 0.969. The minimum absolute atomic E-state index is 0.0557. The Morgan fingerprint density at radius 1 is 1.32 bits per heavy atom. The van der Waals surface area contributed by atoms with Gasteiger partial charge in [-0.25, -0.2) is 0 Å². The van der Waals surface area contributed by atoms with Crippen molar-refractivity contribution in [2.24, 2.45) is 0 Å². The summed E-state index contributed by atoms with van der Waals surface area (Å²) in [5.74, 6) is 1.57. The van der Waals surface area contributed by atoms with Gasteiger partial charge in [0.05, 0.1) is 19.6 Å². The molecule has 0 atom stereocenters. The van der Waals surface area contributed by atoms with E-state index in [1.54, 1.807) is 36.2 Å². The molecule has 0 radical (unpaired) electrons. The number of aromatic nitrogens is 1. The second-order valence-corrected chi connectivity index (χ2v) is 6.53. The van der Waals surface area contributed by atoms with E-state index in [1.165, 1.54) is 0 Å². The van der Waals surface area contributed by atoms with E-state index in [-0.39, 0.29) is 5.91 Å². The molecular formula is C19H21N3O2S. The van der Waals surface area contributed by atoms with Crippen molar-refractivity contribution in [3.8, 4) is 11.8 Å². The van der Waals surface area contributed by atoms with Crippen LogP contribution in [-0.4, -0.2) is 35.2 Å². The summed E-state index contributed by atoms with van der Waals surface area (Å²) in [6.45, 7) is 0.930. The number of hydrogen-bond donors (Lipinski definition) is 0. The first-order valence-corrected chi connectivity index (χ1v) is 9.02. The number of nitrogens with zero attached hydrogens (tertiary/aromatic N) is 3. The largest absolute Gasteiger partial charge is 0.497 e. The van der Waals surface area contributed by atoms with Gasteiger partial charge in [-0.3, -0.25) is 9.78 Å². The van der Waals surface area contributed by atoms with Crippen LogP contribution in [0.25, 0.3) is 0 Å². The average Bonchev–Trinajstić information content (AvgIpc) is 2.66. The van der Waals surface area contributed by atoms with Crippen LogP contribution in [0.4, 0.5) is 0 Å². The molecule has 0 N–H and O–H groups in total. The van der Waals surface area contributed by atoms with E-state index >= 15 is 0 Å². The second-order valence-electron chi connectivity index (χ2n) is 5.36. The van der Waals surface area contributed by atoms with Crippen molar-refractivity contribution in [3.63, 3.8) is 0 Å². The van der Waals surface area contributed by atoms with Gasteiger partial charge in [-0.1, -0.05) is 6.07 Å². The van der Waals surface area contributed by atoms with Gasteiger partial charge in [-0.2, -0.15) is 5.26 Å². The topological polar surface area (TPSA) is 66.2 Å². The van der Waals surface area contributed by atoms with E-state index in [4.69, 9.17) is 10.00 Å². The summed E-state index contributed by atoms with van der Waals surface area (Å²) in [5, 5.41) is 8.82. The minimum atomic E-state index is 0.0557. The van der Waals surface area contributed by atoms with Crippen LogP contribution in [0.3, 0.4) is 0 Å². The molecule has 0 aliphatic heterocycles. The Balaban J connectivity index is 1.86. The zero-order valence-electron chi connectivity index (χ0n) is 14.2. The van der Waals surface area contributed by atoms with Crippen LogP contribution in [0.2, 0.25) is 0 Å². The van der Waals surface area contributed by atoms with Gasteiger partial charge in [0.1, 0.15) is 5.75 Å². The smallest absolute Gasteiger partial charge is 0.223 e. The molecule has 2 aromatic rings. The van der Waals surface area contributed by atoms with E-state index in [0.29, 0.717) is 31.7 Å². The number of ether oxygens (including phenoxy) is 1. The van der Waals surface area contributed by atoms with Crippen LogP contribution >= 0.6 is 11.8 Å². The highest BCUT2D eigenvalue weighted by atomic mass is 32.2. The molecule has 5 nitrogen and oxygen atoms in total. The fraction of sp³-hybridized carbons (Fsp3) is 0.316. The molecule has 0 spiro atoms. The van der Waals surface area contributed by atoms with Crippen molar-refractivity contribution in [1.29, 1.82) is 5.26 Å². The Morgan fingerprint density at radius 3 is 2.76 bits per heavy atom. The SMILES string of the molecule is COc1ccc(SCCC(=O)N(CCC#N)Cc2cccnc2)cc1. The maximum Gasteiger partial charge on any atom is 0.223 e. The summed E-state index contributed by atoms with van der Waals surface area (Å²) in [6.07, 6.45) is 4.22. The van der Waals surface area contributed by atoms with Crippen LogP contribution in [0.15, 0.2) is 53.7 Å². The lowest BCUT2D eigenvalue weighted by Gasteiger charge is -2.21. The Morgan fingerprint density at radius 2 is 2.12 bits per heavy atom. The highest BCUT2D eigenvalue weighted by Crippen LogP contribution is 2.22. The lowest BCUT2D eigenvalue weighted by atomic mass is 10.2. The van der Waals surface area contributed by atoms with Crippen molar-refractivity contribution in [1.82, 2.24) is 9.88 Å². The molecule has 0 aliphatic carbocycles. The van der Waals surface area contributed by atoms with Gasteiger partial charge in [0, 0.05) is 42.6 Å². The zero-order chi connectivity index (χ0) is 17.9. The Labute approximate surface area is 152 Å². The molecule has 0 saturated carbocycles. The van der Waals surface area contributed by atoms with Crippen molar-refractivity contribution in [2.75, 3.05) is 19.4 Å². The van der Waals surface area contributed by atoms with Crippen LogP contribution in [0, 0.1) is 11.3 Å². The van der Waals surface area contributed by atoms with Gasteiger partial charge < -0.3 is 9.64 Å². The third kappa shape index (κ3) is 6.48. The minimum Gasteiger partial charge on any atom is -0.497 e. The highest BCUT2D eigenvalue weighted by Gasteiger charge is 2.14. The van der Waals surface area contributed by atoms with Crippen molar-refractivity contribution in [2.45, 2.75) is 24.3 Å². The first-order valence-electron chi connectivity index (χ1n) is 8.03. The number of amides is 1. The quantitative estimate of drug-likeness (QED) is 0.644. The summed E-state index contributed by atoms with van der Waals surface area (Å²) in [4.78, 5) is 19.4. The first-order chi connectivity index (χ1) is 12.2. The van der Waals surface area contributed by atoms with E-state index in [0.717, 1.165) is 16.2 Å². The number of thioether (sulfide) groups is 1. The van der Waals surface area contributed by atoms with E-state index < -0.39 is 0 Å². The van der Waals surface area contributed by atoms with Gasteiger partial charge in [-0.15, -0.1) is 11.8 Å². The predicted octanol–water partition coefficient (Wildman–Crippen LogP) is 3.51. The van der Waals surface area contributed by atoms with Crippen LogP contribution in [0.1, 0.15) is 18.4 Å². The molecule has 0 bridgehead atoms. The molecule has 1 aromatic carbocycles. The summed E-state index contributed by atoms with van der Waals surface area (Å²) < 4.78 is 5.14. The molecule has 0 unspecified atom stereocenters. The molecule has 2 rings (SSSR count). The summed E-state index contributed by atoms with van der Waals surface area (Å²) >= 11 is 1.64. The average molecular weight is 355 g/mol. The lowest BCUT2D eigenvalue weighted by Crippen LogP contribution is -2.31. The number of carbonyl (C=O) groups excluding carboxylic acids is 1. The Kier molecular flexibility index (Phi) is 7.80. The van der Waals surface area contributed by atoms with Gasteiger partial charge in [0.25, 0.3) is 0 Å². The predicted molar refractivity (Wildman–Crippen MR) is 98.2 cm³/mol. The first kappa shape index (κ1) is 18.8. The van der Waals surface area contributed by atoms with Gasteiger partial charge in [0.15, 0.2) is 0 Å². The monoisotopic (exact) mass is 355 g/mol. The number of benzene rings is 1.